The van der Waals surface area contributed by atoms with Crippen molar-refractivity contribution in [3.63, 3.8) is 0 Å². The van der Waals surface area contributed by atoms with E-state index in [4.69, 9.17) is 4.89 Å². The predicted molar refractivity (Wildman–Crippen MR) is 108 cm³/mol. The van der Waals surface area contributed by atoms with Gasteiger partial charge in [0.2, 0.25) is 0 Å². The highest BCUT2D eigenvalue weighted by atomic mass is 79.9. The van der Waals surface area contributed by atoms with Gasteiger partial charge in [-0.2, -0.15) is 0 Å². The fraction of sp³-hybridized carbons (Fsp3) is 0.444. The van der Waals surface area contributed by atoms with Crippen LogP contribution in [0.3, 0.4) is 0 Å². The molecule has 1 aromatic heterocycles. The highest BCUT2D eigenvalue weighted by Gasteiger charge is 2.08. The Balaban J connectivity index is 0.000000392. The molecule has 2 nitrogen and oxygen atoms in total. The van der Waals surface area contributed by atoms with E-state index in [1.165, 1.54) is 28.0 Å². The second-order valence-electron chi connectivity index (χ2n) is 4.36. The van der Waals surface area contributed by atoms with Crippen molar-refractivity contribution in [2.75, 3.05) is 13.4 Å². The van der Waals surface area contributed by atoms with E-state index in [-0.39, 0.29) is 0 Å². The highest BCUT2D eigenvalue weighted by molar-refractivity contribution is 9.09. The monoisotopic (exact) mass is 418 g/mol. The van der Waals surface area contributed by atoms with Crippen LogP contribution in [-0.4, -0.2) is 13.4 Å². The minimum atomic E-state index is 0.374. The lowest BCUT2D eigenvalue weighted by atomic mass is 10.2. The second-order valence-corrected chi connectivity index (χ2v) is 7.61. The Kier molecular flexibility index (Phi) is 13.8. The maximum Gasteiger partial charge on any atom is 0.117 e. The van der Waals surface area contributed by atoms with Crippen LogP contribution in [0.4, 0.5) is 0 Å². The van der Waals surface area contributed by atoms with Gasteiger partial charge in [-0.15, -0.1) is 23.1 Å². The average molecular weight is 419 g/mol. The molecule has 1 atom stereocenters. The summed E-state index contributed by atoms with van der Waals surface area (Å²) in [5.41, 5.74) is 2.60. The maximum atomic E-state index is 4.86. The van der Waals surface area contributed by atoms with Crippen LogP contribution in [0, 0.1) is 6.92 Å². The lowest BCUT2D eigenvalue weighted by Crippen LogP contribution is -1.92. The van der Waals surface area contributed by atoms with Gasteiger partial charge in [-0.3, -0.25) is 0 Å². The van der Waals surface area contributed by atoms with Gasteiger partial charge in [0.25, 0.3) is 0 Å². The van der Waals surface area contributed by atoms with Crippen LogP contribution in [-0.2, 0) is 16.4 Å². The number of thioether (sulfide) groups is 1. The number of benzene rings is 1. The van der Waals surface area contributed by atoms with E-state index in [2.05, 4.69) is 76.6 Å². The molecule has 1 aromatic carbocycles. The van der Waals surface area contributed by atoms with Crippen LogP contribution in [0.5, 0.6) is 0 Å². The van der Waals surface area contributed by atoms with Crippen LogP contribution < -0.4 is 0 Å². The van der Waals surface area contributed by atoms with Crippen molar-refractivity contribution in [1.29, 1.82) is 0 Å². The molecular weight excluding hydrogens is 392 g/mol. The lowest BCUT2D eigenvalue weighted by Gasteiger charge is -2.04. The molecule has 0 saturated carbocycles. The number of alkyl halides is 1. The van der Waals surface area contributed by atoms with Crippen LogP contribution in [0.25, 0.3) is 0 Å². The lowest BCUT2D eigenvalue weighted by molar-refractivity contribution is -0.281. The molecule has 0 aliphatic carbocycles. The SMILES string of the molecule is CC.COOCc1sccc1C(C)Br.CSc1ccc(C)cc1. The fourth-order valence-corrected chi connectivity index (χ4v) is 3.47. The molecule has 0 aliphatic rings. The van der Waals surface area contributed by atoms with Crippen molar-refractivity contribution >= 4 is 39.0 Å². The minimum Gasteiger partial charge on any atom is -0.240 e. The molecule has 2 rings (SSSR count). The Bertz CT molecular complexity index is 510. The van der Waals surface area contributed by atoms with Crippen molar-refractivity contribution in [3.8, 4) is 0 Å². The third-order valence-corrected chi connectivity index (χ3v) is 4.92. The first kappa shape index (κ1) is 22.7. The average Bonchev–Trinajstić information content (AvgIpc) is 3.05. The molecular formula is C18H27BrO2S2. The van der Waals surface area contributed by atoms with Gasteiger partial charge < -0.3 is 0 Å². The standard InChI is InChI=1S/C8H11BrO2S.C8H10S.C2H6/c1-6(9)7-3-4-12-8(7)5-11-10-2;1-7-3-5-8(9-2)6-4-7;1-2/h3-4,6H,5H2,1-2H3;3-6H,1-2H3;1-2H3. The molecule has 130 valence electrons. The van der Waals surface area contributed by atoms with E-state index in [1.807, 2.05) is 13.8 Å². The third-order valence-electron chi connectivity index (χ3n) is 2.77. The molecule has 5 heteroatoms. The smallest absolute Gasteiger partial charge is 0.117 e. The molecule has 0 N–H and O–H groups in total. The Morgan fingerprint density at radius 1 is 1.17 bits per heavy atom. The first-order chi connectivity index (χ1) is 11.1. The molecule has 0 aliphatic heterocycles. The number of hydrogen-bond acceptors (Lipinski definition) is 4. The van der Waals surface area contributed by atoms with E-state index >= 15 is 0 Å². The minimum absolute atomic E-state index is 0.374. The zero-order chi connectivity index (χ0) is 17.7. The summed E-state index contributed by atoms with van der Waals surface area (Å²) in [7, 11) is 1.52. The van der Waals surface area contributed by atoms with E-state index in [0.29, 0.717) is 11.4 Å². The predicted octanol–water partition coefficient (Wildman–Crippen LogP) is 7.03. The first-order valence-electron chi connectivity index (χ1n) is 7.55. The molecule has 0 amide bonds. The summed E-state index contributed by atoms with van der Waals surface area (Å²) in [5, 5.41) is 2.06. The van der Waals surface area contributed by atoms with Gasteiger partial charge in [0.15, 0.2) is 0 Å². The van der Waals surface area contributed by atoms with Crippen molar-refractivity contribution in [2.45, 2.75) is 44.0 Å². The topological polar surface area (TPSA) is 18.5 Å². The summed E-state index contributed by atoms with van der Waals surface area (Å²) in [6.45, 7) is 8.72. The van der Waals surface area contributed by atoms with Gasteiger partial charge in [-0.1, -0.05) is 47.5 Å². The number of thiophene rings is 1. The summed E-state index contributed by atoms with van der Waals surface area (Å²) in [4.78, 5) is 12.3. The largest absolute Gasteiger partial charge is 0.240 e. The summed E-state index contributed by atoms with van der Waals surface area (Å²) >= 11 is 6.98. The van der Waals surface area contributed by atoms with Gasteiger partial charge in [0, 0.05) is 14.6 Å². The van der Waals surface area contributed by atoms with Gasteiger partial charge in [0.05, 0.1) is 7.11 Å². The quantitative estimate of drug-likeness (QED) is 0.224. The van der Waals surface area contributed by atoms with Crippen molar-refractivity contribution in [3.05, 3.63) is 51.7 Å². The zero-order valence-electron chi connectivity index (χ0n) is 14.8. The van der Waals surface area contributed by atoms with Crippen molar-refractivity contribution in [1.82, 2.24) is 0 Å². The number of rotatable bonds is 5. The van der Waals surface area contributed by atoms with E-state index < -0.39 is 0 Å². The fourth-order valence-electron chi connectivity index (χ4n) is 1.61. The van der Waals surface area contributed by atoms with Gasteiger partial charge in [-0.05, 0) is 49.2 Å². The number of hydrogen-bond donors (Lipinski definition) is 0. The van der Waals surface area contributed by atoms with Crippen molar-refractivity contribution < 1.29 is 9.78 Å². The van der Waals surface area contributed by atoms with Crippen LogP contribution in [0.15, 0.2) is 40.6 Å². The van der Waals surface area contributed by atoms with Gasteiger partial charge in [0.1, 0.15) is 6.61 Å². The molecule has 0 bridgehead atoms. The zero-order valence-corrected chi connectivity index (χ0v) is 18.0. The summed E-state index contributed by atoms with van der Waals surface area (Å²) < 4.78 is 0. The number of aryl methyl sites for hydroxylation is 1. The highest BCUT2D eigenvalue weighted by Crippen LogP contribution is 2.29. The Hall–Kier alpha value is -0.330. The van der Waals surface area contributed by atoms with Gasteiger partial charge in [-0.25, -0.2) is 9.78 Å². The second kappa shape index (κ2) is 14.1. The van der Waals surface area contributed by atoms with E-state index in [9.17, 15) is 0 Å². The van der Waals surface area contributed by atoms with Crippen molar-refractivity contribution in [2.24, 2.45) is 0 Å². The van der Waals surface area contributed by atoms with E-state index in [0.717, 1.165) is 0 Å². The Morgan fingerprint density at radius 2 is 1.78 bits per heavy atom. The summed E-state index contributed by atoms with van der Waals surface area (Å²) in [6, 6.07) is 10.6. The molecule has 0 fully saturated rings. The Morgan fingerprint density at radius 3 is 2.26 bits per heavy atom. The molecule has 1 unspecified atom stereocenters. The molecule has 0 saturated heterocycles. The van der Waals surface area contributed by atoms with Crippen LogP contribution >= 0.6 is 39.0 Å². The summed E-state index contributed by atoms with van der Waals surface area (Å²) in [5.74, 6) is 0. The maximum absolute atomic E-state index is 4.86. The molecule has 23 heavy (non-hydrogen) atoms. The number of halogens is 1. The first-order valence-corrected chi connectivity index (χ1v) is 10.6. The Labute approximate surface area is 157 Å². The normalized spacial score (nSPS) is 10.9. The summed E-state index contributed by atoms with van der Waals surface area (Å²) in [6.07, 6.45) is 2.09. The third kappa shape index (κ3) is 9.52. The molecule has 1 heterocycles. The molecule has 0 spiro atoms. The molecule has 2 aromatic rings. The van der Waals surface area contributed by atoms with E-state index in [1.54, 1.807) is 23.1 Å². The molecule has 0 radical (unpaired) electrons. The van der Waals surface area contributed by atoms with Crippen LogP contribution in [0.1, 0.15) is 41.6 Å². The van der Waals surface area contributed by atoms with Gasteiger partial charge >= 0.3 is 0 Å². The van der Waals surface area contributed by atoms with Crippen LogP contribution in [0.2, 0.25) is 0 Å².